The highest BCUT2D eigenvalue weighted by Gasteiger charge is 2.27. The molecule has 1 amide bonds. The van der Waals surface area contributed by atoms with Gasteiger partial charge in [-0.05, 0) is 13.8 Å². The first-order chi connectivity index (χ1) is 12.6. The third-order valence-electron chi connectivity index (χ3n) is 4.52. The van der Waals surface area contributed by atoms with Crippen LogP contribution in [0.4, 0.5) is 10.9 Å². The van der Waals surface area contributed by atoms with Gasteiger partial charge >= 0.3 is 0 Å². The Balaban J connectivity index is 1.42. The summed E-state index contributed by atoms with van der Waals surface area (Å²) >= 11 is 1.31. The maximum Gasteiger partial charge on any atom is 0.254 e. The van der Waals surface area contributed by atoms with Gasteiger partial charge in [-0.1, -0.05) is 11.3 Å². The van der Waals surface area contributed by atoms with E-state index in [-0.39, 0.29) is 11.9 Å². The average molecular weight is 373 g/mol. The van der Waals surface area contributed by atoms with Gasteiger partial charge < -0.3 is 4.90 Å². The number of aromatic nitrogens is 6. The Hall–Kier alpha value is -2.66. The lowest BCUT2D eigenvalue weighted by Gasteiger charge is -2.38. The molecule has 136 valence electrons. The van der Waals surface area contributed by atoms with Crippen molar-refractivity contribution in [2.75, 3.05) is 36.4 Å². The molecule has 0 unspecified atom stereocenters. The Labute approximate surface area is 153 Å². The van der Waals surface area contributed by atoms with E-state index in [2.05, 4.69) is 40.4 Å². The van der Waals surface area contributed by atoms with E-state index in [0.717, 1.165) is 37.7 Å². The van der Waals surface area contributed by atoms with Crippen molar-refractivity contribution in [2.24, 2.45) is 0 Å². The number of fused-ring (bicyclic) bond motifs is 1. The maximum atomic E-state index is 12.4. The second-order valence-electron chi connectivity index (χ2n) is 6.16. The number of piperazine rings is 1. The summed E-state index contributed by atoms with van der Waals surface area (Å²) in [5, 5.41) is 15.2. The van der Waals surface area contributed by atoms with Crippen molar-refractivity contribution in [3.8, 4) is 0 Å². The molecule has 1 fully saturated rings. The molecule has 0 aromatic carbocycles. The Morgan fingerprint density at radius 1 is 1.31 bits per heavy atom. The van der Waals surface area contributed by atoms with Gasteiger partial charge in [-0.25, -0.2) is 4.98 Å². The molecule has 0 aliphatic carbocycles. The van der Waals surface area contributed by atoms with Gasteiger partial charge in [-0.3, -0.25) is 15.0 Å². The number of carbonyl (C=O) groups excluding carboxylic acids is 1. The van der Waals surface area contributed by atoms with Gasteiger partial charge in [0.2, 0.25) is 11.0 Å². The van der Waals surface area contributed by atoms with Crippen molar-refractivity contribution < 1.29 is 4.79 Å². The first kappa shape index (κ1) is 16.8. The number of nitrogens with one attached hydrogen (secondary N) is 1. The van der Waals surface area contributed by atoms with Gasteiger partial charge in [0.05, 0.1) is 6.04 Å². The smallest absolute Gasteiger partial charge is 0.254 e. The largest absolute Gasteiger partial charge is 0.354 e. The predicted octanol–water partition coefficient (Wildman–Crippen LogP) is 0.433. The summed E-state index contributed by atoms with van der Waals surface area (Å²) in [5.41, 5.74) is 2.51. The van der Waals surface area contributed by atoms with E-state index in [1.807, 2.05) is 19.9 Å². The van der Waals surface area contributed by atoms with E-state index >= 15 is 0 Å². The summed E-state index contributed by atoms with van der Waals surface area (Å²) in [6.07, 6.45) is 1.52. The average Bonchev–Trinajstić information content (AvgIpc) is 3.32. The molecular weight excluding hydrogens is 354 g/mol. The van der Waals surface area contributed by atoms with Gasteiger partial charge in [0, 0.05) is 37.9 Å². The minimum Gasteiger partial charge on any atom is -0.354 e. The minimum absolute atomic E-state index is 0.0615. The minimum atomic E-state index is -0.230. The molecular formula is C15H19N9OS. The molecule has 4 heterocycles. The number of amides is 1. The van der Waals surface area contributed by atoms with Crippen LogP contribution in [0.2, 0.25) is 0 Å². The number of hydrogen-bond acceptors (Lipinski definition) is 9. The van der Waals surface area contributed by atoms with Crippen molar-refractivity contribution in [3.63, 3.8) is 0 Å². The van der Waals surface area contributed by atoms with Crippen LogP contribution in [0.5, 0.6) is 0 Å². The summed E-state index contributed by atoms with van der Waals surface area (Å²) in [7, 11) is 0. The molecule has 0 radical (unpaired) electrons. The van der Waals surface area contributed by atoms with Gasteiger partial charge in [0.25, 0.3) is 5.78 Å². The summed E-state index contributed by atoms with van der Waals surface area (Å²) in [6.45, 7) is 7.03. The summed E-state index contributed by atoms with van der Waals surface area (Å²) in [6, 6.07) is 1.79. The number of nitrogens with zero attached hydrogens (tertiary/aromatic N) is 8. The summed E-state index contributed by atoms with van der Waals surface area (Å²) in [4.78, 5) is 25.4. The van der Waals surface area contributed by atoms with Crippen LogP contribution in [0.3, 0.4) is 0 Å². The van der Waals surface area contributed by atoms with Crippen molar-refractivity contribution in [1.82, 2.24) is 34.7 Å². The van der Waals surface area contributed by atoms with Gasteiger partial charge in [-0.2, -0.15) is 14.6 Å². The Kier molecular flexibility index (Phi) is 4.47. The number of aryl methyl sites for hydroxylation is 1. The highest BCUT2D eigenvalue weighted by atomic mass is 32.1. The Morgan fingerprint density at radius 3 is 2.85 bits per heavy atom. The van der Waals surface area contributed by atoms with E-state index in [4.69, 9.17) is 0 Å². The normalized spacial score (nSPS) is 16.8. The van der Waals surface area contributed by atoms with Crippen molar-refractivity contribution in [1.29, 1.82) is 0 Å². The van der Waals surface area contributed by atoms with Crippen molar-refractivity contribution in [3.05, 3.63) is 23.6 Å². The first-order valence-electron chi connectivity index (χ1n) is 8.35. The van der Waals surface area contributed by atoms with E-state index in [1.165, 1.54) is 17.7 Å². The molecule has 0 saturated carbocycles. The molecule has 0 bridgehead atoms. The van der Waals surface area contributed by atoms with Gasteiger partial charge in [0.1, 0.15) is 17.7 Å². The zero-order valence-corrected chi connectivity index (χ0v) is 15.3. The molecule has 3 aromatic heterocycles. The molecule has 1 saturated heterocycles. The molecule has 1 N–H and O–H groups in total. The van der Waals surface area contributed by atoms with Crippen LogP contribution < -0.4 is 10.2 Å². The van der Waals surface area contributed by atoms with Crippen LogP contribution in [0, 0.1) is 6.92 Å². The van der Waals surface area contributed by atoms with Gasteiger partial charge in [-0.15, -0.1) is 10.2 Å². The Bertz CT molecular complexity index is 901. The fourth-order valence-corrected chi connectivity index (χ4v) is 3.53. The fraction of sp³-hybridized carbons (Fsp3) is 0.467. The van der Waals surface area contributed by atoms with E-state index in [9.17, 15) is 4.79 Å². The summed E-state index contributed by atoms with van der Waals surface area (Å²) in [5.74, 6) is 1.52. The van der Waals surface area contributed by atoms with E-state index in [1.54, 1.807) is 10.0 Å². The van der Waals surface area contributed by atoms with Crippen LogP contribution in [-0.4, -0.2) is 72.8 Å². The van der Waals surface area contributed by atoms with Crippen LogP contribution in [-0.2, 0) is 4.79 Å². The third kappa shape index (κ3) is 3.22. The lowest BCUT2D eigenvalue weighted by Crippen LogP contribution is -2.53. The monoisotopic (exact) mass is 373 g/mol. The zero-order valence-electron chi connectivity index (χ0n) is 14.5. The lowest BCUT2D eigenvalue weighted by molar-refractivity contribution is -0.120. The molecule has 1 aliphatic heterocycles. The maximum absolute atomic E-state index is 12.4. The standard InChI is InChI=1S/C15H19N9OS/c1-10-7-12(24-14(19-10)16-8-18-24)23-5-3-22(4-6-23)11(2)13(25)20-15-21-17-9-26-15/h7-9,11H,3-6H2,1-2H3,(H,20,21,25)/t11-/m0/s1. The quantitative estimate of drug-likeness (QED) is 0.702. The van der Waals surface area contributed by atoms with Crippen molar-refractivity contribution >= 4 is 34.0 Å². The topological polar surface area (TPSA) is 104 Å². The Morgan fingerprint density at radius 2 is 2.12 bits per heavy atom. The first-order valence-corrected chi connectivity index (χ1v) is 9.23. The molecule has 4 rings (SSSR count). The second-order valence-corrected chi connectivity index (χ2v) is 6.99. The van der Waals surface area contributed by atoms with Gasteiger partial charge in [0.15, 0.2) is 0 Å². The van der Waals surface area contributed by atoms with Crippen molar-refractivity contribution in [2.45, 2.75) is 19.9 Å². The number of anilines is 2. The third-order valence-corrected chi connectivity index (χ3v) is 5.12. The molecule has 3 aromatic rings. The second kappa shape index (κ2) is 6.92. The zero-order chi connectivity index (χ0) is 18.1. The van der Waals surface area contributed by atoms with Crippen LogP contribution >= 0.6 is 11.3 Å². The molecule has 11 heteroatoms. The predicted molar refractivity (Wildman–Crippen MR) is 97.3 cm³/mol. The van der Waals surface area contributed by atoms with Crippen LogP contribution in [0.15, 0.2) is 17.9 Å². The number of hydrogen-bond donors (Lipinski definition) is 1. The van der Waals surface area contributed by atoms with E-state index < -0.39 is 0 Å². The molecule has 0 spiro atoms. The summed E-state index contributed by atoms with van der Waals surface area (Å²) < 4.78 is 1.76. The molecule has 26 heavy (non-hydrogen) atoms. The molecule has 10 nitrogen and oxygen atoms in total. The van der Waals surface area contributed by atoms with Crippen LogP contribution in [0.1, 0.15) is 12.6 Å². The van der Waals surface area contributed by atoms with E-state index in [0.29, 0.717) is 10.9 Å². The highest BCUT2D eigenvalue weighted by molar-refractivity contribution is 7.13. The highest BCUT2D eigenvalue weighted by Crippen LogP contribution is 2.19. The molecule has 1 atom stereocenters. The number of rotatable bonds is 4. The fourth-order valence-electron chi connectivity index (χ4n) is 3.08. The van der Waals surface area contributed by atoms with Crippen LogP contribution in [0.25, 0.3) is 5.78 Å². The number of carbonyl (C=O) groups is 1. The molecule has 1 aliphatic rings. The lowest BCUT2D eigenvalue weighted by atomic mass is 10.2. The SMILES string of the molecule is Cc1cc(N2CCN([C@@H](C)C(=O)Nc3nncs3)CC2)n2ncnc2n1.